The number of rotatable bonds is 4. The Morgan fingerprint density at radius 3 is 2.76 bits per heavy atom. The normalized spacial score (nSPS) is 10.0. The zero-order chi connectivity index (χ0) is 14.5. The number of aromatic nitrogens is 3. The molecule has 2 aromatic heterocycles. The number of nitrogens with one attached hydrogen (secondary N) is 1. The molecule has 0 unspecified atom stereocenters. The summed E-state index contributed by atoms with van der Waals surface area (Å²) in [5.41, 5.74) is 2.56. The van der Waals surface area contributed by atoms with Crippen molar-refractivity contribution < 1.29 is 0 Å². The molecule has 3 aromatic rings. The molecule has 2 heterocycles. The molecular formula is C16H13N5. The highest BCUT2D eigenvalue weighted by Crippen LogP contribution is 2.13. The van der Waals surface area contributed by atoms with Crippen LogP contribution < -0.4 is 5.32 Å². The van der Waals surface area contributed by atoms with Crippen molar-refractivity contribution in [2.24, 2.45) is 0 Å². The van der Waals surface area contributed by atoms with Gasteiger partial charge in [0, 0.05) is 18.9 Å². The van der Waals surface area contributed by atoms with Crippen LogP contribution in [0.1, 0.15) is 11.1 Å². The standard InChI is InChI=1S/C16H13N5/c17-10-13-4-1-2-5-14(13)11-18-15-6-7-16(19-12-15)21-9-3-8-20-21/h1-9,12,18H,11H2. The lowest BCUT2D eigenvalue weighted by Gasteiger charge is -2.08. The molecule has 0 saturated heterocycles. The number of pyridine rings is 1. The first-order valence-corrected chi connectivity index (χ1v) is 6.55. The molecule has 21 heavy (non-hydrogen) atoms. The average Bonchev–Trinajstić information content (AvgIpc) is 3.08. The van der Waals surface area contributed by atoms with E-state index in [2.05, 4.69) is 21.5 Å². The van der Waals surface area contributed by atoms with Gasteiger partial charge in [0.1, 0.15) is 0 Å². The number of hydrogen-bond acceptors (Lipinski definition) is 4. The third-order valence-corrected chi connectivity index (χ3v) is 3.11. The van der Waals surface area contributed by atoms with Crippen molar-refractivity contribution in [3.05, 3.63) is 72.2 Å². The van der Waals surface area contributed by atoms with Crippen LogP contribution in [0.5, 0.6) is 0 Å². The second-order valence-corrected chi connectivity index (χ2v) is 4.48. The highest BCUT2D eigenvalue weighted by atomic mass is 15.3. The van der Waals surface area contributed by atoms with E-state index in [1.165, 1.54) is 0 Å². The van der Waals surface area contributed by atoms with Gasteiger partial charge in [0.2, 0.25) is 0 Å². The summed E-state index contributed by atoms with van der Waals surface area (Å²) in [5, 5.41) is 16.5. The van der Waals surface area contributed by atoms with Gasteiger partial charge in [-0.1, -0.05) is 18.2 Å². The molecule has 0 fully saturated rings. The lowest BCUT2D eigenvalue weighted by molar-refractivity contribution is 0.847. The average molecular weight is 275 g/mol. The Morgan fingerprint density at radius 2 is 2.05 bits per heavy atom. The number of hydrogen-bond donors (Lipinski definition) is 1. The van der Waals surface area contributed by atoms with Crippen molar-refractivity contribution in [2.75, 3.05) is 5.32 Å². The maximum Gasteiger partial charge on any atom is 0.153 e. The predicted octanol–water partition coefficient (Wildman–Crippen LogP) is 2.75. The van der Waals surface area contributed by atoms with Crippen LogP contribution in [0.25, 0.3) is 5.82 Å². The zero-order valence-electron chi connectivity index (χ0n) is 11.3. The molecule has 3 rings (SSSR count). The zero-order valence-corrected chi connectivity index (χ0v) is 11.3. The molecule has 5 heteroatoms. The van der Waals surface area contributed by atoms with Gasteiger partial charge in [-0.15, -0.1) is 0 Å². The van der Waals surface area contributed by atoms with Crippen molar-refractivity contribution in [1.82, 2.24) is 14.8 Å². The van der Waals surface area contributed by atoms with Crippen LogP contribution in [-0.4, -0.2) is 14.8 Å². The third kappa shape index (κ3) is 2.90. The first-order valence-electron chi connectivity index (χ1n) is 6.55. The maximum atomic E-state index is 9.06. The lowest BCUT2D eigenvalue weighted by Crippen LogP contribution is -2.03. The molecule has 1 N–H and O–H groups in total. The van der Waals surface area contributed by atoms with E-state index in [0.29, 0.717) is 12.1 Å². The van der Waals surface area contributed by atoms with Crippen LogP contribution in [0, 0.1) is 11.3 Å². The van der Waals surface area contributed by atoms with Crippen LogP contribution in [-0.2, 0) is 6.54 Å². The molecule has 0 aliphatic carbocycles. The maximum absolute atomic E-state index is 9.06. The highest BCUT2D eigenvalue weighted by Gasteiger charge is 2.02. The van der Waals surface area contributed by atoms with Crippen LogP contribution in [0.4, 0.5) is 5.69 Å². The first-order chi connectivity index (χ1) is 10.4. The molecule has 102 valence electrons. The second kappa shape index (κ2) is 5.88. The summed E-state index contributed by atoms with van der Waals surface area (Å²) >= 11 is 0. The van der Waals surface area contributed by atoms with E-state index in [1.807, 2.05) is 48.7 Å². The van der Waals surface area contributed by atoms with Gasteiger partial charge in [-0.3, -0.25) is 0 Å². The Morgan fingerprint density at radius 1 is 1.14 bits per heavy atom. The summed E-state index contributed by atoms with van der Waals surface area (Å²) in [7, 11) is 0. The predicted molar refractivity (Wildman–Crippen MR) is 79.8 cm³/mol. The third-order valence-electron chi connectivity index (χ3n) is 3.11. The number of anilines is 1. The summed E-state index contributed by atoms with van der Waals surface area (Å²) in [5.74, 6) is 0.767. The molecule has 5 nitrogen and oxygen atoms in total. The van der Waals surface area contributed by atoms with Gasteiger partial charge >= 0.3 is 0 Å². The summed E-state index contributed by atoms with van der Waals surface area (Å²) in [6.07, 6.45) is 5.32. The van der Waals surface area contributed by atoms with Gasteiger partial charge in [-0.25, -0.2) is 9.67 Å². The van der Waals surface area contributed by atoms with Crippen molar-refractivity contribution in [2.45, 2.75) is 6.54 Å². The minimum Gasteiger partial charge on any atom is -0.380 e. The van der Waals surface area contributed by atoms with Gasteiger partial charge < -0.3 is 5.32 Å². The van der Waals surface area contributed by atoms with E-state index in [9.17, 15) is 0 Å². The molecule has 0 amide bonds. The minimum atomic E-state index is 0.590. The summed E-state index contributed by atoms with van der Waals surface area (Å²) < 4.78 is 1.70. The quantitative estimate of drug-likeness (QED) is 0.795. The lowest BCUT2D eigenvalue weighted by atomic mass is 10.1. The topological polar surface area (TPSA) is 66.5 Å². The second-order valence-electron chi connectivity index (χ2n) is 4.48. The van der Waals surface area contributed by atoms with E-state index >= 15 is 0 Å². The number of benzene rings is 1. The van der Waals surface area contributed by atoms with Crippen molar-refractivity contribution in [3.8, 4) is 11.9 Å². The van der Waals surface area contributed by atoms with Crippen LogP contribution in [0.15, 0.2) is 61.1 Å². The van der Waals surface area contributed by atoms with Crippen molar-refractivity contribution >= 4 is 5.69 Å². The minimum absolute atomic E-state index is 0.590. The number of nitriles is 1. The Balaban J connectivity index is 1.70. The van der Waals surface area contributed by atoms with Gasteiger partial charge in [0.05, 0.1) is 23.5 Å². The van der Waals surface area contributed by atoms with Gasteiger partial charge in [0.15, 0.2) is 5.82 Å². The van der Waals surface area contributed by atoms with E-state index < -0.39 is 0 Å². The largest absolute Gasteiger partial charge is 0.380 e. The van der Waals surface area contributed by atoms with Crippen LogP contribution in [0.2, 0.25) is 0 Å². The smallest absolute Gasteiger partial charge is 0.153 e. The van der Waals surface area contributed by atoms with Crippen molar-refractivity contribution in [1.29, 1.82) is 5.26 Å². The Hall–Kier alpha value is -3.13. The fraction of sp³-hybridized carbons (Fsp3) is 0.0625. The molecule has 0 saturated carbocycles. The molecule has 1 aromatic carbocycles. The molecule has 0 radical (unpaired) electrons. The van der Waals surface area contributed by atoms with Gasteiger partial charge in [-0.2, -0.15) is 10.4 Å². The van der Waals surface area contributed by atoms with Gasteiger partial charge in [-0.05, 0) is 29.8 Å². The van der Waals surface area contributed by atoms with E-state index in [1.54, 1.807) is 17.1 Å². The van der Waals surface area contributed by atoms with E-state index in [0.717, 1.165) is 17.1 Å². The van der Waals surface area contributed by atoms with E-state index in [-0.39, 0.29) is 0 Å². The first kappa shape index (κ1) is 12.9. The summed E-state index contributed by atoms with van der Waals surface area (Å²) in [4.78, 5) is 4.35. The Kier molecular flexibility index (Phi) is 3.61. The SMILES string of the molecule is N#Cc1ccccc1CNc1ccc(-n2cccn2)nc1. The van der Waals surface area contributed by atoms with Crippen LogP contribution in [0.3, 0.4) is 0 Å². The molecule has 0 aliphatic heterocycles. The molecule has 0 bridgehead atoms. The van der Waals surface area contributed by atoms with Crippen molar-refractivity contribution in [3.63, 3.8) is 0 Å². The molecule has 0 aliphatic rings. The fourth-order valence-corrected chi connectivity index (χ4v) is 2.01. The Labute approximate surface area is 122 Å². The van der Waals surface area contributed by atoms with Gasteiger partial charge in [0.25, 0.3) is 0 Å². The molecular weight excluding hydrogens is 262 g/mol. The highest BCUT2D eigenvalue weighted by molar-refractivity contribution is 5.46. The molecule has 0 spiro atoms. The molecule has 0 atom stereocenters. The van der Waals surface area contributed by atoms with E-state index in [4.69, 9.17) is 5.26 Å². The fourth-order valence-electron chi connectivity index (χ4n) is 2.01. The summed E-state index contributed by atoms with van der Waals surface area (Å²) in [6, 6.07) is 15.4. The Bertz CT molecular complexity index is 754. The monoisotopic (exact) mass is 275 g/mol. The summed E-state index contributed by atoms with van der Waals surface area (Å²) in [6.45, 7) is 0.590. The van der Waals surface area contributed by atoms with Crippen LogP contribution >= 0.6 is 0 Å². The number of nitrogens with zero attached hydrogens (tertiary/aromatic N) is 4.